The maximum atomic E-state index is 12.8. The van der Waals surface area contributed by atoms with Crippen LogP contribution in [0.25, 0.3) is 0 Å². The van der Waals surface area contributed by atoms with Crippen LogP contribution in [0.1, 0.15) is 34.1 Å². The average Bonchev–Trinajstić information content (AvgIpc) is 2.70. The molecule has 0 bridgehead atoms. The summed E-state index contributed by atoms with van der Waals surface area (Å²) in [4.78, 5) is 12.8. The van der Waals surface area contributed by atoms with Crippen LogP contribution in [0, 0.1) is 11.8 Å². The van der Waals surface area contributed by atoms with Gasteiger partial charge in [-0.15, -0.1) is 0 Å². The van der Waals surface area contributed by atoms with Gasteiger partial charge in [0.25, 0.3) is 5.91 Å². The summed E-state index contributed by atoms with van der Waals surface area (Å²) in [6, 6.07) is 4.78. The predicted octanol–water partition coefficient (Wildman–Crippen LogP) is 3.05. The number of fused-ring (bicyclic) bond motifs is 1. The molecule has 1 atom stereocenters. The van der Waals surface area contributed by atoms with Crippen molar-refractivity contribution in [1.82, 2.24) is 5.32 Å². The van der Waals surface area contributed by atoms with Gasteiger partial charge in [0, 0.05) is 24.0 Å². The number of nitrogens with zero attached hydrogens (tertiary/aromatic N) is 1. The fourth-order valence-corrected chi connectivity index (χ4v) is 4.35. The molecule has 1 unspecified atom stereocenters. The van der Waals surface area contributed by atoms with E-state index in [1.807, 2.05) is 0 Å². The van der Waals surface area contributed by atoms with E-state index >= 15 is 0 Å². The number of sulfonamides is 1. The summed E-state index contributed by atoms with van der Waals surface area (Å²) in [5.74, 6) is 0.670. The Morgan fingerprint density at radius 2 is 1.88 bits per heavy atom. The van der Waals surface area contributed by atoms with Gasteiger partial charge >= 0.3 is 0 Å². The summed E-state index contributed by atoms with van der Waals surface area (Å²) in [5, 5.41) is 3.46. The van der Waals surface area contributed by atoms with Crippen LogP contribution in [0.5, 0.6) is 5.75 Å². The van der Waals surface area contributed by atoms with Crippen molar-refractivity contribution in [2.75, 3.05) is 17.1 Å². The zero-order valence-corrected chi connectivity index (χ0v) is 17.4. The van der Waals surface area contributed by atoms with Crippen LogP contribution in [0.2, 0.25) is 5.02 Å². The maximum Gasteiger partial charge on any atom is 0.261 e. The second kappa shape index (κ2) is 8.05. The molecule has 1 heterocycles. The lowest BCUT2D eigenvalue weighted by molar-refractivity contribution is -0.129. The highest BCUT2D eigenvalue weighted by Crippen LogP contribution is 2.36. The molecule has 146 valence electrons. The van der Waals surface area contributed by atoms with Gasteiger partial charge < -0.3 is 10.1 Å². The van der Waals surface area contributed by atoms with Gasteiger partial charge in [-0.3, -0.25) is 9.10 Å². The number of halogens is 1. The second-order valence-electron chi connectivity index (χ2n) is 7.36. The molecular weight excluding hydrogens is 376 g/mol. The van der Waals surface area contributed by atoms with Crippen molar-refractivity contribution in [1.29, 1.82) is 0 Å². The van der Waals surface area contributed by atoms with Crippen molar-refractivity contribution in [2.24, 2.45) is 11.8 Å². The third-order valence-electron chi connectivity index (χ3n) is 4.49. The molecule has 1 aromatic carbocycles. The standard InChI is InChI=1S/C18H27ClN2O4S/c1-11(2)17(12(3)4)20-18(22)16-8-9-21(26(5,23)24)14-10-13(19)6-7-15(14)25-16/h6-7,10-12,16-17H,8-9H2,1-5H3,(H,20,22). The van der Waals surface area contributed by atoms with E-state index in [-0.39, 0.29) is 36.8 Å². The topological polar surface area (TPSA) is 75.7 Å². The predicted molar refractivity (Wildman–Crippen MR) is 104 cm³/mol. The second-order valence-corrected chi connectivity index (χ2v) is 9.71. The van der Waals surface area contributed by atoms with Gasteiger partial charge in [-0.2, -0.15) is 0 Å². The Hall–Kier alpha value is -1.47. The fourth-order valence-electron chi connectivity index (χ4n) is 3.24. The van der Waals surface area contributed by atoms with Crippen molar-refractivity contribution in [3.63, 3.8) is 0 Å². The molecule has 1 aliphatic heterocycles. The first kappa shape index (κ1) is 20.8. The van der Waals surface area contributed by atoms with E-state index in [1.165, 1.54) is 4.31 Å². The van der Waals surface area contributed by atoms with E-state index in [9.17, 15) is 13.2 Å². The van der Waals surface area contributed by atoms with Crippen LogP contribution >= 0.6 is 11.6 Å². The molecule has 0 aliphatic carbocycles. The van der Waals surface area contributed by atoms with Gasteiger partial charge in [0.15, 0.2) is 6.10 Å². The first-order valence-corrected chi connectivity index (χ1v) is 11.0. The molecule has 0 spiro atoms. The van der Waals surface area contributed by atoms with Crippen LogP contribution in [-0.4, -0.2) is 39.3 Å². The number of amides is 1. The van der Waals surface area contributed by atoms with Gasteiger partial charge in [-0.1, -0.05) is 39.3 Å². The van der Waals surface area contributed by atoms with E-state index < -0.39 is 16.1 Å². The van der Waals surface area contributed by atoms with Crippen LogP contribution in [-0.2, 0) is 14.8 Å². The van der Waals surface area contributed by atoms with E-state index in [4.69, 9.17) is 16.3 Å². The number of hydrogen-bond acceptors (Lipinski definition) is 4. The zero-order chi connectivity index (χ0) is 19.6. The number of nitrogens with one attached hydrogen (secondary N) is 1. The Balaban J connectivity index is 2.30. The molecule has 1 N–H and O–H groups in total. The van der Waals surface area contributed by atoms with E-state index in [0.717, 1.165) is 6.26 Å². The number of ether oxygens (including phenoxy) is 1. The molecule has 2 rings (SSSR count). The van der Waals surface area contributed by atoms with Gasteiger partial charge in [-0.25, -0.2) is 8.42 Å². The highest BCUT2D eigenvalue weighted by molar-refractivity contribution is 7.92. The van der Waals surface area contributed by atoms with Crippen LogP contribution in [0.3, 0.4) is 0 Å². The Labute approximate surface area is 160 Å². The van der Waals surface area contributed by atoms with Crippen LogP contribution < -0.4 is 14.4 Å². The van der Waals surface area contributed by atoms with Crippen molar-refractivity contribution < 1.29 is 17.9 Å². The van der Waals surface area contributed by atoms with Gasteiger partial charge in [-0.05, 0) is 30.0 Å². The third-order valence-corrected chi connectivity index (χ3v) is 5.91. The van der Waals surface area contributed by atoms with Crippen LogP contribution in [0.15, 0.2) is 18.2 Å². The molecule has 0 saturated carbocycles. The molecular formula is C18H27ClN2O4S. The Bertz CT molecular complexity index is 756. The number of carbonyl (C=O) groups is 1. The molecule has 0 aromatic heterocycles. The molecule has 8 heteroatoms. The lowest BCUT2D eigenvalue weighted by Crippen LogP contribution is -2.48. The quantitative estimate of drug-likeness (QED) is 0.821. The Morgan fingerprint density at radius 3 is 2.42 bits per heavy atom. The molecule has 1 aromatic rings. The minimum Gasteiger partial charge on any atom is -0.478 e. The van der Waals surface area contributed by atoms with Crippen molar-refractivity contribution in [2.45, 2.75) is 46.3 Å². The molecule has 1 amide bonds. The molecule has 0 fully saturated rings. The molecule has 0 radical (unpaired) electrons. The highest BCUT2D eigenvalue weighted by atomic mass is 35.5. The lowest BCUT2D eigenvalue weighted by Gasteiger charge is -2.28. The zero-order valence-electron chi connectivity index (χ0n) is 15.8. The number of anilines is 1. The summed E-state index contributed by atoms with van der Waals surface area (Å²) in [6.07, 6.45) is 0.626. The first-order chi connectivity index (χ1) is 12.0. The molecule has 26 heavy (non-hydrogen) atoms. The largest absolute Gasteiger partial charge is 0.478 e. The van der Waals surface area contributed by atoms with E-state index in [2.05, 4.69) is 33.0 Å². The Morgan fingerprint density at radius 1 is 1.27 bits per heavy atom. The minimum atomic E-state index is -3.52. The fraction of sp³-hybridized carbons (Fsp3) is 0.611. The van der Waals surface area contributed by atoms with E-state index in [1.54, 1.807) is 18.2 Å². The number of benzene rings is 1. The van der Waals surface area contributed by atoms with Crippen molar-refractivity contribution >= 4 is 33.2 Å². The van der Waals surface area contributed by atoms with Gasteiger partial charge in [0.2, 0.25) is 10.0 Å². The van der Waals surface area contributed by atoms with Crippen LogP contribution in [0.4, 0.5) is 5.69 Å². The van der Waals surface area contributed by atoms with Gasteiger partial charge in [0.05, 0.1) is 11.9 Å². The SMILES string of the molecule is CC(C)C(NC(=O)C1CCN(S(C)(=O)=O)c2cc(Cl)ccc2O1)C(C)C. The van der Waals surface area contributed by atoms with Gasteiger partial charge in [0.1, 0.15) is 5.75 Å². The van der Waals surface area contributed by atoms with Crippen molar-refractivity contribution in [3.8, 4) is 5.75 Å². The third kappa shape index (κ3) is 4.82. The molecule has 6 nitrogen and oxygen atoms in total. The number of hydrogen-bond donors (Lipinski definition) is 1. The summed E-state index contributed by atoms with van der Waals surface area (Å²) in [6.45, 7) is 8.38. The molecule has 1 aliphatic rings. The number of carbonyl (C=O) groups excluding carboxylic acids is 1. The van der Waals surface area contributed by atoms with E-state index in [0.29, 0.717) is 16.5 Å². The molecule has 0 saturated heterocycles. The lowest BCUT2D eigenvalue weighted by atomic mass is 9.93. The monoisotopic (exact) mass is 402 g/mol. The summed E-state index contributed by atoms with van der Waals surface area (Å²) < 4.78 is 31.5. The summed E-state index contributed by atoms with van der Waals surface area (Å²) >= 11 is 6.03. The highest BCUT2D eigenvalue weighted by Gasteiger charge is 2.33. The average molecular weight is 403 g/mol. The van der Waals surface area contributed by atoms with Crippen molar-refractivity contribution in [3.05, 3.63) is 23.2 Å². The summed E-state index contributed by atoms with van der Waals surface area (Å²) in [7, 11) is -3.52. The number of rotatable bonds is 5. The maximum absolute atomic E-state index is 12.8. The first-order valence-electron chi connectivity index (χ1n) is 8.75. The smallest absolute Gasteiger partial charge is 0.261 e. The minimum absolute atomic E-state index is 0.0186. The summed E-state index contributed by atoms with van der Waals surface area (Å²) in [5.41, 5.74) is 0.361. The Kier molecular flexibility index (Phi) is 6.45. The normalized spacial score (nSPS) is 17.9.